The Morgan fingerprint density at radius 1 is 0.900 bits per heavy atom. The van der Waals surface area contributed by atoms with Crippen molar-refractivity contribution in [1.82, 2.24) is 4.90 Å². The molecule has 3 aromatic carbocycles. The van der Waals surface area contributed by atoms with E-state index in [9.17, 15) is 9.90 Å². The average Bonchev–Trinajstić information content (AvgIpc) is 2.97. The Morgan fingerprint density at radius 2 is 1.43 bits per heavy atom. The lowest BCUT2D eigenvalue weighted by atomic mass is 9.78. The van der Waals surface area contributed by atoms with Gasteiger partial charge in [0.05, 0.1) is 19.7 Å². The van der Waals surface area contributed by atoms with Gasteiger partial charge in [-0.3, -0.25) is 4.58 Å². The van der Waals surface area contributed by atoms with Crippen molar-refractivity contribution in [3.8, 4) is 0 Å². The first-order valence-electron chi connectivity index (χ1n) is 10.1. The summed E-state index contributed by atoms with van der Waals surface area (Å²) < 4.78 is 2.11. The largest absolute Gasteiger partial charge is 0.477 e. The summed E-state index contributed by atoms with van der Waals surface area (Å²) in [6.07, 6.45) is 0. The second-order valence-corrected chi connectivity index (χ2v) is 8.11. The number of benzene rings is 3. The quantitative estimate of drug-likeness (QED) is 0.663. The number of amidine groups is 1. The lowest BCUT2D eigenvalue weighted by molar-refractivity contribution is -0.543. The molecule has 0 aliphatic carbocycles. The second kappa shape index (κ2) is 7.45. The van der Waals surface area contributed by atoms with Crippen molar-refractivity contribution in [1.29, 1.82) is 0 Å². The normalized spacial score (nSPS) is 21.2. The van der Waals surface area contributed by atoms with Crippen LogP contribution in [-0.2, 0) is 10.3 Å². The van der Waals surface area contributed by atoms with E-state index < -0.39 is 17.6 Å². The molecule has 1 aliphatic heterocycles. The molecular formula is C26H27N2O2+. The predicted molar refractivity (Wildman–Crippen MR) is 119 cm³/mol. The van der Waals surface area contributed by atoms with E-state index in [2.05, 4.69) is 4.58 Å². The van der Waals surface area contributed by atoms with Crippen LogP contribution in [0.5, 0.6) is 0 Å². The molecule has 0 saturated carbocycles. The lowest BCUT2D eigenvalue weighted by Crippen LogP contribution is -2.52. The van der Waals surface area contributed by atoms with E-state index in [1.807, 2.05) is 112 Å². The van der Waals surface area contributed by atoms with Crippen molar-refractivity contribution in [3.63, 3.8) is 0 Å². The number of rotatable bonds is 4. The molecule has 4 nitrogen and oxygen atoms in total. The number of carbonyl (C=O) groups is 1. The highest BCUT2D eigenvalue weighted by molar-refractivity contribution is 6.00. The molecule has 2 unspecified atom stereocenters. The van der Waals surface area contributed by atoms with Crippen LogP contribution >= 0.6 is 0 Å². The maximum absolute atomic E-state index is 13.1. The van der Waals surface area contributed by atoms with Crippen molar-refractivity contribution < 1.29 is 14.5 Å². The van der Waals surface area contributed by atoms with Crippen LogP contribution in [0.15, 0.2) is 78.9 Å². The minimum absolute atomic E-state index is 0.390. The van der Waals surface area contributed by atoms with E-state index >= 15 is 0 Å². The number of hydrogen-bond acceptors (Lipinski definition) is 2. The summed E-state index contributed by atoms with van der Waals surface area (Å²) >= 11 is 0. The van der Waals surface area contributed by atoms with Gasteiger partial charge in [0.2, 0.25) is 0 Å². The highest BCUT2D eigenvalue weighted by Crippen LogP contribution is 2.47. The fraction of sp³-hybridized carbons (Fsp3) is 0.231. The standard InChI is InChI=1S/C26H26N2O2/c1-18-10-14-20(15-11-18)23-26(25(29)30,22-16-12-19(2)13-17-22)28(4)24(27(23)3)21-8-6-5-7-9-21/h5-17,23H,1-4H3/p+1. The van der Waals surface area contributed by atoms with Gasteiger partial charge in [0.15, 0.2) is 6.04 Å². The van der Waals surface area contributed by atoms with Crippen LogP contribution in [0.3, 0.4) is 0 Å². The van der Waals surface area contributed by atoms with E-state index in [0.29, 0.717) is 0 Å². The minimum Gasteiger partial charge on any atom is -0.477 e. The number of aliphatic carboxylic acids is 1. The zero-order chi connectivity index (χ0) is 21.5. The van der Waals surface area contributed by atoms with Gasteiger partial charge in [-0.15, -0.1) is 0 Å². The van der Waals surface area contributed by atoms with Gasteiger partial charge in [-0.25, -0.2) is 9.69 Å². The summed E-state index contributed by atoms with van der Waals surface area (Å²) in [5.41, 5.74) is 3.73. The van der Waals surface area contributed by atoms with E-state index in [1.165, 1.54) is 0 Å². The predicted octanol–water partition coefficient (Wildman–Crippen LogP) is 4.36. The van der Waals surface area contributed by atoms with Crippen molar-refractivity contribution in [3.05, 3.63) is 107 Å². The summed E-state index contributed by atoms with van der Waals surface area (Å²) in [6.45, 7) is 4.06. The van der Waals surface area contributed by atoms with Gasteiger partial charge in [0, 0.05) is 11.1 Å². The fourth-order valence-corrected chi connectivity index (χ4v) is 4.73. The molecule has 0 spiro atoms. The smallest absolute Gasteiger partial charge is 0.362 e. The van der Waals surface area contributed by atoms with Crippen molar-refractivity contribution in [2.24, 2.45) is 0 Å². The van der Waals surface area contributed by atoms with E-state index in [-0.39, 0.29) is 0 Å². The van der Waals surface area contributed by atoms with Crippen LogP contribution in [0.4, 0.5) is 0 Å². The van der Waals surface area contributed by atoms with Crippen LogP contribution in [0.1, 0.15) is 33.9 Å². The van der Waals surface area contributed by atoms with Crippen LogP contribution in [0.2, 0.25) is 0 Å². The number of carboxylic acid groups (broad SMARTS) is 1. The third kappa shape index (κ3) is 2.91. The molecule has 3 aromatic rings. The van der Waals surface area contributed by atoms with Gasteiger partial charge in [0.25, 0.3) is 11.4 Å². The molecule has 0 saturated heterocycles. The first-order chi connectivity index (χ1) is 14.4. The highest BCUT2D eigenvalue weighted by Gasteiger charge is 2.65. The number of carboxylic acids is 1. The molecule has 30 heavy (non-hydrogen) atoms. The Morgan fingerprint density at radius 3 is 1.97 bits per heavy atom. The van der Waals surface area contributed by atoms with Crippen LogP contribution in [0, 0.1) is 13.8 Å². The van der Waals surface area contributed by atoms with Crippen LogP contribution < -0.4 is 0 Å². The van der Waals surface area contributed by atoms with Crippen LogP contribution in [0.25, 0.3) is 0 Å². The summed E-state index contributed by atoms with van der Waals surface area (Å²) in [4.78, 5) is 15.0. The summed E-state index contributed by atoms with van der Waals surface area (Å²) in [5, 5.41) is 10.7. The Bertz CT molecular complexity index is 1100. The molecule has 1 aliphatic rings. The number of likely N-dealkylation sites (N-methyl/N-ethyl adjacent to an activating group) is 2. The Hall–Kier alpha value is -3.40. The summed E-state index contributed by atoms with van der Waals surface area (Å²) in [7, 11) is 3.88. The average molecular weight is 400 g/mol. The highest BCUT2D eigenvalue weighted by atomic mass is 16.4. The molecule has 0 radical (unpaired) electrons. The molecule has 4 rings (SSSR count). The van der Waals surface area contributed by atoms with Crippen molar-refractivity contribution in [2.75, 3.05) is 14.1 Å². The molecule has 152 valence electrons. The zero-order valence-electron chi connectivity index (χ0n) is 17.8. The molecule has 1 heterocycles. The molecule has 0 aromatic heterocycles. The maximum atomic E-state index is 13.1. The first-order valence-corrected chi connectivity index (χ1v) is 10.1. The third-order valence-electron chi connectivity index (χ3n) is 6.21. The number of nitrogens with zero attached hydrogens (tertiary/aromatic N) is 2. The Kier molecular flexibility index (Phi) is 4.94. The van der Waals surface area contributed by atoms with E-state index in [0.717, 1.165) is 33.7 Å². The zero-order valence-corrected chi connectivity index (χ0v) is 17.8. The van der Waals surface area contributed by atoms with Crippen LogP contribution in [-0.4, -0.2) is 40.5 Å². The van der Waals surface area contributed by atoms with Gasteiger partial charge in [-0.2, -0.15) is 0 Å². The molecule has 2 atom stereocenters. The van der Waals surface area contributed by atoms with E-state index in [4.69, 9.17) is 0 Å². The monoisotopic (exact) mass is 399 g/mol. The SMILES string of the molecule is Cc1ccc(C2[N+](C)=C(c3ccccc3)N(C)C2(C(=O)O)c2ccc(C)cc2)cc1. The number of aryl methyl sites for hydroxylation is 2. The summed E-state index contributed by atoms with van der Waals surface area (Å²) in [6, 6.07) is 25.7. The third-order valence-corrected chi connectivity index (χ3v) is 6.21. The topological polar surface area (TPSA) is 43.5 Å². The van der Waals surface area contributed by atoms with Gasteiger partial charge in [0.1, 0.15) is 0 Å². The van der Waals surface area contributed by atoms with Gasteiger partial charge < -0.3 is 5.11 Å². The molecule has 0 fully saturated rings. The molecule has 1 N–H and O–H groups in total. The number of hydrogen-bond donors (Lipinski definition) is 1. The van der Waals surface area contributed by atoms with Gasteiger partial charge >= 0.3 is 5.97 Å². The minimum atomic E-state index is -1.26. The molecule has 0 amide bonds. The molecule has 0 bridgehead atoms. The van der Waals surface area contributed by atoms with Crippen molar-refractivity contribution >= 4 is 11.8 Å². The van der Waals surface area contributed by atoms with Gasteiger partial charge in [-0.1, -0.05) is 77.9 Å². The fourth-order valence-electron chi connectivity index (χ4n) is 4.73. The Balaban J connectivity index is 2.03. The first kappa shape index (κ1) is 19.9. The summed E-state index contributed by atoms with van der Waals surface area (Å²) in [5.74, 6) is 0.0290. The maximum Gasteiger partial charge on any atom is 0.362 e. The van der Waals surface area contributed by atoms with Gasteiger partial charge in [-0.05, 0) is 26.0 Å². The lowest BCUT2D eigenvalue weighted by Gasteiger charge is -2.32. The Labute approximate surface area is 177 Å². The van der Waals surface area contributed by atoms with E-state index in [1.54, 1.807) is 0 Å². The van der Waals surface area contributed by atoms with Crippen molar-refractivity contribution in [2.45, 2.75) is 25.4 Å². The second-order valence-electron chi connectivity index (χ2n) is 8.11. The molecule has 4 heteroatoms. The molecular weight excluding hydrogens is 372 g/mol.